The third-order valence-electron chi connectivity index (χ3n) is 8.39. The van der Waals surface area contributed by atoms with Crippen LogP contribution in [0.25, 0.3) is 0 Å². The maximum atomic E-state index is 13.2. The van der Waals surface area contributed by atoms with Gasteiger partial charge in [-0.25, -0.2) is 9.80 Å². The van der Waals surface area contributed by atoms with Gasteiger partial charge in [-0.05, 0) is 66.5 Å². The van der Waals surface area contributed by atoms with Crippen LogP contribution in [0.5, 0.6) is 0 Å². The molecule has 1 heterocycles. The Morgan fingerprint density at radius 1 is 1.28 bits per heavy atom. The SMILES string of the molecule is CCCCC1=NN(C(=O)N[C@H]2C[C@H]3CC[C@]2(C)C3(C)C)C[C@@H]1c1ccc(Cl)cc1. The van der Waals surface area contributed by atoms with Crippen LogP contribution in [0, 0.1) is 16.7 Å². The summed E-state index contributed by atoms with van der Waals surface area (Å²) in [5, 5.41) is 10.5. The molecule has 0 spiro atoms. The van der Waals surface area contributed by atoms with E-state index in [1.54, 1.807) is 5.01 Å². The van der Waals surface area contributed by atoms with E-state index in [0.29, 0.717) is 12.5 Å². The molecule has 5 heteroatoms. The maximum absolute atomic E-state index is 13.2. The molecule has 2 aliphatic carbocycles. The molecule has 2 amide bonds. The van der Waals surface area contributed by atoms with Crippen molar-refractivity contribution < 1.29 is 4.79 Å². The monoisotopic (exact) mass is 415 g/mol. The molecule has 4 atom stereocenters. The van der Waals surface area contributed by atoms with Crippen molar-refractivity contribution >= 4 is 23.3 Å². The zero-order valence-electron chi connectivity index (χ0n) is 18.2. The number of fused-ring (bicyclic) bond motifs is 2. The van der Waals surface area contributed by atoms with Crippen molar-refractivity contribution in [2.24, 2.45) is 21.8 Å². The van der Waals surface area contributed by atoms with Crippen molar-refractivity contribution in [3.63, 3.8) is 0 Å². The van der Waals surface area contributed by atoms with Crippen molar-refractivity contribution in [2.45, 2.75) is 78.2 Å². The highest BCUT2D eigenvalue weighted by molar-refractivity contribution is 6.30. The standard InChI is InChI=1S/C24H34ClN3O/c1-5-6-7-20-19(16-8-10-18(25)11-9-16)15-28(27-20)22(29)26-21-14-17-12-13-24(21,4)23(17,2)3/h8-11,17,19,21H,5-7,12-15H2,1-4H3,(H,26,29)/t17-,19-,21+,24+/m1/s1. The van der Waals surface area contributed by atoms with Crippen molar-refractivity contribution in [3.8, 4) is 0 Å². The Balaban J connectivity index is 1.49. The summed E-state index contributed by atoms with van der Waals surface area (Å²) in [5.41, 5.74) is 2.77. The number of rotatable bonds is 5. The minimum Gasteiger partial charge on any atom is -0.333 e. The topological polar surface area (TPSA) is 44.7 Å². The molecule has 2 fully saturated rings. The molecule has 0 saturated heterocycles. The normalized spacial score (nSPS) is 32.5. The summed E-state index contributed by atoms with van der Waals surface area (Å²) in [6, 6.07) is 8.19. The highest BCUT2D eigenvalue weighted by atomic mass is 35.5. The van der Waals surface area contributed by atoms with Crippen LogP contribution in [-0.2, 0) is 0 Å². The van der Waals surface area contributed by atoms with Gasteiger partial charge in [-0.2, -0.15) is 5.10 Å². The Morgan fingerprint density at radius 3 is 2.59 bits per heavy atom. The fourth-order valence-electron chi connectivity index (χ4n) is 5.89. The van der Waals surface area contributed by atoms with Gasteiger partial charge in [0.05, 0.1) is 6.54 Å². The summed E-state index contributed by atoms with van der Waals surface area (Å²) in [7, 11) is 0. The van der Waals surface area contributed by atoms with Crippen molar-refractivity contribution in [1.82, 2.24) is 10.3 Å². The molecule has 0 aromatic heterocycles. The van der Waals surface area contributed by atoms with Crippen LogP contribution >= 0.6 is 11.6 Å². The van der Waals surface area contributed by atoms with Gasteiger partial charge in [-0.3, -0.25) is 0 Å². The van der Waals surface area contributed by atoms with E-state index in [9.17, 15) is 4.79 Å². The Kier molecular flexibility index (Phi) is 5.43. The first-order chi connectivity index (χ1) is 13.8. The van der Waals surface area contributed by atoms with Gasteiger partial charge in [0.25, 0.3) is 0 Å². The lowest BCUT2D eigenvalue weighted by atomic mass is 9.69. The first kappa shape index (κ1) is 20.7. The van der Waals surface area contributed by atoms with Gasteiger partial charge in [-0.15, -0.1) is 0 Å². The molecule has 2 bridgehead atoms. The third-order valence-corrected chi connectivity index (χ3v) is 8.64. The van der Waals surface area contributed by atoms with Gasteiger partial charge in [-0.1, -0.05) is 57.8 Å². The highest BCUT2D eigenvalue weighted by Crippen LogP contribution is 2.65. The van der Waals surface area contributed by atoms with E-state index in [0.717, 1.165) is 36.4 Å². The van der Waals surface area contributed by atoms with Crippen LogP contribution in [0.2, 0.25) is 5.02 Å². The summed E-state index contributed by atoms with van der Waals surface area (Å²) in [4.78, 5) is 13.2. The lowest BCUT2D eigenvalue weighted by Crippen LogP contribution is -2.50. The molecule has 158 valence electrons. The summed E-state index contributed by atoms with van der Waals surface area (Å²) >= 11 is 6.07. The van der Waals surface area contributed by atoms with Gasteiger partial charge in [0.1, 0.15) is 0 Å². The van der Waals surface area contributed by atoms with Crippen LogP contribution < -0.4 is 5.32 Å². The van der Waals surface area contributed by atoms with E-state index >= 15 is 0 Å². The predicted molar refractivity (Wildman–Crippen MR) is 119 cm³/mol. The van der Waals surface area contributed by atoms with E-state index in [-0.39, 0.29) is 28.8 Å². The van der Waals surface area contributed by atoms with Gasteiger partial charge in [0.2, 0.25) is 0 Å². The van der Waals surface area contributed by atoms with E-state index in [2.05, 4.69) is 45.1 Å². The summed E-state index contributed by atoms with van der Waals surface area (Å²) < 4.78 is 0. The van der Waals surface area contributed by atoms with Gasteiger partial charge >= 0.3 is 6.03 Å². The van der Waals surface area contributed by atoms with E-state index in [1.165, 1.54) is 18.4 Å². The molecule has 4 rings (SSSR count). The van der Waals surface area contributed by atoms with E-state index in [1.807, 2.05) is 12.1 Å². The number of nitrogens with zero attached hydrogens (tertiary/aromatic N) is 2. The lowest BCUT2D eigenvalue weighted by molar-refractivity contribution is 0.118. The average Bonchev–Trinajstić information content (AvgIpc) is 3.26. The molecular formula is C24H34ClN3O. The van der Waals surface area contributed by atoms with Crippen LogP contribution in [-0.4, -0.2) is 29.3 Å². The number of hydrogen-bond acceptors (Lipinski definition) is 2. The minimum atomic E-state index is -0.0370. The van der Waals surface area contributed by atoms with Crippen molar-refractivity contribution in [2.75, 3.05) is 6.54 Å². The van der Waals surface area contributed by atoms with Crippen molar-refractivity contribution in [1.29, 1.82) is 0 Å². The number of carbonyl (C=O) groups excluding carboxylic acids is 1. The average molecular weight is 416 g/mol. The molecule has 1 aromatic rings. The number of benzene rings is 1. The van der Waals surface area contributed by atoms with E-state index in [4.69, 9.17) is 16.7 Å². The number of unbranched alkanes of at least 4 members (excludes halogenated alkanes) is 1. The van der Waals surface area contributed by atoms with Crippen LogP contribution in [0.3, 0.4) is 0 Å². The Labute approximate surface area is 180 Å². The van der Waals surface area contributed by atoms with Gasteiger partial charge < -0.3 is 5.32 Å². The summed E-state index contributed by atoms with van der Waals surface area (Å²) in [6.07, 6.45) is 6.73. The molecule has 0 radical (unpaired) electrons. The molecule has 1 aliphatic heterocycles. The third kappa shape index (κ3) is 3.48. The van der Waals surface area contributed by atoms with Gasteiger partial charge in [0, 0.05) is 22.7 Å². The zero-order chi connectivity index (χ0) is 20.8. The number of hydrogen-bond donors (Lipinski definition) is 1. The Morgan fingerprint density at radius 2 is 2.00 bits per heavy atom. The number of halogens is 1. The largest absolute Gasteiger partial charge is 0.338 e. The Hall–Kier alpha value is -1.55. The number of nitrogens with one attached hydrogen (secondary N) is 1. The quantitative estimate of drug-likeness (QED) is 0.610. The molecule has 1 N–H and O–H groups in total. The number of carbonyl (C=O) groups is 1. The number of amides is 2. The smallest absolute Gasteiger partial charge is 0.333 e. The lowest BCUT2D eigenvalue weighted by Gasteiger charge is -2.39. The van der Waals surface area contributed by atoms with Crippen LogP contribution in [0.15, 0.2) is 29.4 Å². The zero-order valence-corrected chi connectivity index (χ0v) is 18.9. The maximum Gasteiger partial charge on any atom is 0.338 e. The molecule has 2 saturated carbocycles. The van der Waals surface area contributed by atoms with Crippen LogP contribution in [0.1, 0.15) is 77.7 Å². The van der Waals surface area contributed by atoms with Crippen LogP contribution in [0.4, 0.5) is 4.79 Å². The molecule has 3 aliphatic rings. The van der Waals surface area contributed by atoms with Crippen molar-refractivity contribution in [3.05, 3.63) is 34.9 Å². The fraction of sp³-hybridized carbons (Fsp3) is 0.667. The second-order valence-corrected chi connectivity index (χ2v) is 10.4. The minimum absolute atomic E-state index is 0.0370. The number of hydrazone groups is 1. The van der Waals surface area contributed by atoms with E-state index < -0.39 is 0 Å². The second-order valence-electron chi connectivity index (χ2n) is 9.99. The first-order valence-electron chi connectivity index (χ1n) is 11.2. The Bertz CT molecular complexity index is 803. The molecule has 29 heavy (non-hydrogen) atoms. The number of urea groups is 1. The highest BCUT2D eigenvalue weighted by Gasteiger charge is 2.61. The molecule has 4 nitrogen and oxygen atoms in total. The molecule has 1 aromatic carbocycles. The second kappa shape index (κ2) is 7.61. The first-order valence-corrected chi connectivity index (χ1v) is 11.5. The molecular weight excluding hydrogens is 382 g/mol. The molecule has 0 unspecified atom stereocenters. The fourth-order valence-corrected chi connectivity index (χ4v) is 6.02. The summed E-state index contributed by atoms with van der Waals surface area (Å²) in [6.45, 7) is 9.92. The van der Waals surface area contributed by atoms with Gasteiger partial charge in [0.15, 0.2) is 0 Å². The predicted octanol–water partition coefficient (Wildman–Crippen LogP) is 6.21. The summed E-state index contributed by atoms with van der Waals surface area (Å²) in [5.74, 6) is 0.874.